The molecule has 1 fully saturated rings. The summed E-state index contributed by atoms with van der Waals surface area (Å²) >= 11 is 0. The summed E-state index contributed by atoms with van der Waals surface area (Å²) in [5.74, 6) is -2.27. The van der Waals surface area contributed by atoms with E-state index < -0.39 is 53.2 Å². The molecule has 8 rings (SSSR count). The third kappa shape index (κ3) is 13.8. The molecule has 4 aromatic carbocycles. The minimum absolute atomic E-state index is 0.0764. The Morgan fingerprint density at radius 3 is 1.65 bits per heavy atom. The van der Waals surface area contributed by atoms with Gasteiger partial charge >= 0.3 is 0 Å². The second-order valence-electron chi connectivity index (χ2n) is 24.4. The Bertz CT molecular complexity index is 2930. The van der Waals surface area contributed by atoms with Gasteiger partial charge in [0.2, 0.25) is 35.4 Å². The van der Waals surface area contributed by atoms with E-state index in [1.807, 2.05) is 77.9 Å². The number of likely N-dealkylation sites (tertiary alicyclic amines) is 1. The largest absolute Gasteiger partial charge is 0.372 e. The van der Waals surface area contributed by atoms with Crippen LogP contribution >= 0.6 is 0 Å². The lowest BCUT2D eigenvalue weighted by Crippen LogP contribution is -2.62. The van der Waals surface area contributed by atoms with E-state index in [9.17, 15) is 33.6 Å². The van der Waals surface area contributed by atoms with Crippen molar-refractivity contribution >= 4 is 47.0 Å². The predicted molar refractivity (Wildman–Crippen MR) is 308 cm³/mol. The minimum Gasteiger partial charge on any atom is -0.372 e. The number of nitrogens with one attached hydrogen (secondary N) is 7. The number of amides is 7. The molecule has 1 saturated heterocycles. The zero-order chi connectivity index (χ0) is 57.6. The van der Waals surface area contributed by atoms with E-state index in [1.54, 1.807) is 68.1 Å². The van der Waals surface area contributed by atoms with Crippen molar-refractivity contribution in [1.82, 2.24) is 41.7 Å². The summed E-state index contributed by atoms with van der Waals surface area (Å²) in [5, 5.41) is 21.4. The fourth-order valence-corrected chi connectivity index (χ4v) is 11.5. The number of ether oxygens (including phenoxy) is 1. The number of carbonyl (C=O) groups is 7. The molecule has 4 aromatic rings. The first-order valence-corrected chi connectivity index (χ1v) is 28.5. The van der Waals surface area contributed by atoms with Crippen molar-refractivity contribution in [2.24, 2.45) is 10.8 Å². The van der Waals surface area contributed by atoms with Gasteiger partial charge in [0, 0.05) is 37.2 Å². The van der Waals surface area contributed by atoms with Crippen LogP contribution in [0.3, 0.4) is 0 Å². The number of anilines is 1. The number of benzene rings is 4. The number of hydrogen-bond acceptors (Lipinski definition) is 10. The molecule has 0 spiro atoms. The highest BCUT2D eigenvalue weighted by Gasteiger charge is 2.47. The smallest absolute Gasteiger partial charge is 0.255 e. The molecule has 17 nitrogen and oxygen atoms in total. The van der Waals surface area contributed by atoms with Gasteiger partial charge in [-0.25, -0.2) is 0 Å². The van der Waals surface area contributed by atoms with Gasteiger partial charge in [-0.2, -0.15) is 0 Å². The van der Waals surface area contributed by atoms with Gasteiger partial charge in [-0.3, -0.25) is 33.6 Å². The molecular weight excluding hydrogens is 1010 g/mol. The van der Waals surface area contributed by atoms with E-state index in [2.05, 4.69) is 61.5 Å². The summed E-state index contributed by atoms with van der Waals surface area (Å²) < 4.78 is 6.47. The first kappa shape index (κ1) is 59.2. The Hall–Kier alpha value is -6.95. The molecule has 7 amide bonds. The molecule has 0 bridgehead atoms. The van der Waals surface area contributed by atoms with Crippen molar-refractivity contribution in [2.75, 3.05) is 26.0 Å². The van der Waals surface area contributed by atoms with Gasteiger partial charge in [0.05, 0.1) is 36.9 Å². The molecule has 428 valence electrons. The predicted octanol–water partition coefficient (Wildman–Crippen LogP) is 6.34. The number of likely N-dealkylation sites (N-methyl/N-ethyl adjacent to an activating group) is 2. The van der Waals surface area contributed by atoms with E-state index in [0.717, 1.165) is 66.3 Å². The number of nitrogens with zero attached hydrogens (tertiary/aromatic N) is 2. The molecular formula is C63H83N9O8. The summed E-state index contributed by atoms with van der Waals surface area (Å²) in [7, 11) is 3.36. The Morgan fingerprint density at radius 1 is 0.613 bits per heavy atom. The Labute approximate surface area is 471 Å². The standard InChI is InChI=1S/C63H83N9O8/c1-37(64-9)55(73)69-53(62(3,4)5)60(78)71-34-44-31-45(30-29-43(44)32-51(71)58(76)67-49-23-15-19-40-17-11-13-21-47(40)49)66-57(75)42-27-25-39(26-28-42)36-80-46-33-52(59(77)68-50-24-16-20-41-18-12-14-22-48(41)50)72(35-46)61(79)54(63(6,7)8)70-56(74)38(2)65-10/h11-14,17-18,21-22,25-31,37-38,46,49-54,64-65H,15-16,19-20,23-24,32-36H2,1-10H3,(H,66,75)(H,67,76)(H,68,77)(H,69,73)(H,70,74)/t37-,38-,46-,49+,50+,51-,52-,53+,54+/m0/s1. The maximum atomic E-state index is 14.9. The molecule has 2 aliphatic heterocycles. The molecule has 80 heavy (non-hydrogen) atoms. The monoisotopic (exact) mass is 1090 g/mol. The van der Waals surface area contributed by atoms with Crippen molar-refractivity contribution in [1.29, 1.82) is 0 Å². The fraction of sp³-hybridized carbons (Fsp3) is 0.508. The SMILES string of the molecule is CN[C@@H](C)C(=O)N[C@H](C(=O)N1Cc2cc(NC(=O)c3ccc(CO[C@H]4C[C@@H](C(=O)N[C@@H]5CCCc6ccccc65)N(C(=O)[C@@H](NC(=O)[C@H](C)NC)C(C)(C)C)C4)cc3)ccc2C[C@H]1C(=O)N[C@@H]1CCCc2ccccc21)C(C)(C)C. The van der Waals surface area contributed by atoms with Gasteiger partial charge in [-0.1, -0.05) is 108 Å². The van der Waals surface area contributed by atoms with Crippen molar-refractivity contribution < 1.29 is 38.3 Å². The Morgan fingerprint density at radius 2 is 1.12 bits per heavy atom. The van der Waals surface area contributed by atoms with Crippen molar-refractivity contribution in [3.63, 3.8) is 0 Å². The van der Waals surface area contributed by atoms with Crippen LogP contribution < -0.4 is 37.2 Å². The third-order valence-electron chi connectivity index (χ3n) is 16.6. The molecule has 2 heterocycles. The highest BCUT2D eigenvalue weighted by Crippen LogP contribution is 2.35. The Balaban J connectivity index is 0.956. The molecule has 17 heteroatoms. The van der Waals surface area contributed by atoms with Gasteiger partial charge < -0.3 is 51.8 Å². The van der Waals surface area contributed by atoms with Crippen molar-refractivity contribution in [3.05, 3.63) is 136 Å². The Kier molecular flexibility index (Phi) is 18.7. The minimum atomic E-state index is -0.945. The first-order chi connectivity index (χ1) is 38.0. The molecule has 4 aliphatic rings. The zero-order valence-corrected chi connectivity index (χ0v) is 48.3. The second kappa shape index (κ2) is 25.2. The van der Waals surface area contributed by atoms with Crippen LogP contribution in [0.4, 0.5) is 5.69 Å². The highest BCUT2D eigenvalue weighted by molar-refractivity contribution is 6.04. The lowest BCUT2D eigenvalue weighted by atomic mass is 9.83. The van der Waals surface area contributed by atoms with Crippen molar-refractivity contribution in [2.45, 2.75) is 174 Å². The number of aryl methyl sites for hydroxylation is 2. The van der Waals surface area contributed by atoms with Crippen LogP contribution in [0.5, 0.6) is 0 Å². The van der Waals surface area contributed by atoms with Gasteiger partial charge in [-0.05, 0) is 141 Å². The van der Waals surface area contributed by atoms with Crippen molar-refractivity contribution in [3.8, 4) is 0 Å². The van der Waals surface area contributed by atoms with Crippen LogP contribution in [0.25, 0.3) is 0 Å². The molecule has 0 unspecified atom stereocenters. The van der Waals surface area contributed by atoms with E-state index >= 15 is 0 Å². The van der Waals surface area contributed by atoms with Crippen LogP contribution in [0.15, 0.2) is 91.0 Å². The molecule has 0 saturated carbocycles. The highest BCUT2D eigenvalue weighted by atomic mass is 16.5. The maximum absolute atomic E-state index is 14.9. The summed E-state index contributed by atoms with van der Waals surface area (Å²) in [5.41, 5.74) is 6.53. The molecule has 7 N–H and O–H groups in total. The molecule has 0 aromatic heterocycles. The van der Waals surface area contributed by atoms with Crippen LogP contribution in [0, 0.1) is 10.8 Å². The fourth-order valence-electron chi connectivity index (χ4n) is 11.5. The van der Waals surface area contributed by atoms with E-state index in [1.165, 1.54) is 11.1 Å². The van der Waals surface area contributed by atoms with E-state index in [0.29, 0.717) is 11.3 Å². The van der Waals surface area contributed by atoms with Gasteiger partial charge in [0.25, 0.3) is 5.91 Å². The van der Waals surface area contributed by atoms with Crippen LogP contribution in [-0.4, -0.2) is 114 Å². The van der Waals surface area contributed by atoms with Crippen LogP contribution in [-0.2, 0) is 65.9 Å². The number of rotatable bonds is 17. The first-order valence-electron chi connectivity index (χ1n) is 28.5. The molecule has 2 aliphatic carbocycles. The molecule has 9 atom stereocenters. The number of carbonyl (C=O) groups excluding carboxylic acids is 7. The topological polar surface area (TPSA) is 219 Å². The molecule has 0 radical (unpaired) electrons. The van der Waals surface area contributed by atoms with E-state index in [-0.39, 0.29) is 86.0 Å². The van der Waals surface area contributed by atoms with Gasteiger partial charge in [0.15, 0.2) is 0 Å². The lowest BCUT2D eigenvalue weighted by Gasteiger charge is -2.42. The summed E-state index contributed by atoms with van der Waals surface area (Å²) in [6, 6.07) is 23.8. The third-order valence-corrected chi connectivity index (χ3v) is 16.6. The number of fused-ring (bicyclic) bond motifs is 3. The average molecular weight is 1090 g/mol. The normalized spacial score (nSPS) is 21.3. The number of hydrogen-bond donors (Lipinski definition) is 7. The van der Waals surface area contributed by atoms with Crippen LogP contribution in [0.1, 0.15) is 149 Å². The maximum Gasteiger partial charge on any atom is 0.255 e. The lowest BCUT2D eigenvalue weighted by molar-refractivity contribution is -0.147. The summed E-state index contributed by atoms with van der Waals surface area (Å²) in [6.45, 7) is 15.2. The van der Waals surface area contributed by atoms with E-state index in [4.69, 9.17) is 4.74 Å². The van der Waals surface area contributed by atoms with Gasteiger partial charge in [0.1, 0.15) is 24.2 Å². The average Bonchev–Trinajstić information content (AvgIpc) is 3.96. The zero-order valence-electron chi connectivity index (χ0n) is 48.3. The summed E-state index contributed by atoms with van der Waals surface area (Å²) in [6.07, 6.45) is 5.29. The van der Waals surface area contributed by atoms with Crippen LogP contribution in [0.2, 0.25) is 0 Å². The second-order valence-corrected chi connectivity index (χ2v) is 24.4. The van der Waals surface area contributed by atoms with Gasteiger partial charge in [-0.15, -0.1) is 0 Å². The summed E-state index contributed by atoms with van der Waals surface area (Å²) in [4.78, 5) is 102. The quantitative estimate of drug-likeness (QED) is 0.0622.